The summed E-state index contributed by atoms with van der Waals surface area (Å²) in [7, 11) is 3.49. The molecule has 3 rings (SSSR count). The molecule has 2 heterocycles. The first-order chi connectivity index (χ1) is 13.2. The van der Waals surface area contributed by atoms with Gasteiger partial charge < -0.3 is 19.8 Å². The first-order valence-corrected chi connectivity index (χ1v) is 9.20. The molecule has 0 amide bonds. The molecule has 1 aromatic carbocycles. The summed E-state index contributed by atoms with van der Waals surface area (Å²) in [6, 6.07) is 12.3. The lowest BCUT2D eigenvalue weighted by atomic mass is 10.1. The van der Waals surface area contributed by atoms with E-state index in [0.717, 1.165) is 49.0 Å². The highest BCUT2D eigenvalue weighted by atomic mass is 16.5. The first kappa shape index (κ1) is 18.8. The molecule has 2 N–H and O–H groups in total. The number of aromatic nitrogens is 2. The number of imidazole rings is 1. The van der Waals surface area contributed by atoms with Crippen molar-refractivity contribution < 1.29 is 4.74 Å². The predicted octanol–water partition coefficient (Wildman–Crippen LogP) is 2.60. The van der Waals surface area contributed by atoms with Crippen molar-refractivity contribution in [3.8, 4) is 5.75 Å². The number of nitrogens with one attached hydrogen (secondary N) is 2. The fraction of sp³-hybridized carbons (Fsp3) is 0.333. The number of benzene rings is 1. The van der Waals surface area contributed by atoms with Gasteiger partial charge in [0.25, 0.3) is 0 Å². The fourth-order valence-corrected chi connectivity index (χ4v) is 3.06. The minimum Gasteiger partial charge on any atom is -0.496 e. The number of hydrogen-bond donors (Lipinski definition) is 2. The minimum atomic E-state index is 0.775. The van der Waals surface area contributed by atoms with Crippen molar-refractivity contribution in [2.75, 3.05) is 27.2 Å². The number of fused-ring (bicyclic) bond motifs is 1. The summed E-state index contributed by atoms with van der Waals surface area (Å²) in [6.45, 7) is 3.65. The van der Waals surface area contributed by atoms with Gasteiger partial charge in [-0.2, -0.15) is 0 Å². The standard InChI is InChI=1S/C21H27N5O/c1-16-7-8-19(27-3)17(14-16)9-11-23-21(22-2)24-12-10-18-15-26-13-5-4-6-20(26)25-18/h4-8,13-15H,9-12H2,1-3H3,(H2,22,23,24). The number of aliphatic imine (C=N–C) groups is 1. The van der Waals surface area contributed by atoms with Gasteiger partial charge in [0, 0.05) is 39.0 Å². The number of ether oxygens (including phenoxy) is 1. The monoisotopic (exact) mass is 365 g/mol. The second-order valence-corrected chi connectivity index (χ2v) is 6.44. The van der Waals surface area contributed by atoms with E-state index < -0.39 is 0 Å². The van der Waals surface area contributed by atoms with E-state index in [0.29, 0.717) is 0 Å². The van der Waals surface area contributed by atoms with E-state index >= 15 is 0 Å². The summed E-state index contributed by atoms with van der Waals surface area (Å²) in [4.78, 5) is 8.90. The second-order valence-electron chi connectivity index (χ2n) is 6.44. The normalized spacial score (nSPS) is 11.6. The second kappa shape index (κ2) is 9.07. The molecule has 0 unspecified atom stereocenters. The van der Waals surface area contributed by atoms with Crippen LogP contribution in [-0.4, -0.2) is 42.6 Å². The molecule has 0 aliphatic heterocycles. The Hall–Kier alpha value is -3.02. The third-order valence-corrected chi connectivity index (χ3v) is 4.43. The fourth-order valence-electron chi connectivity index (χ4n) is 3.06. The van der Waals surface area contributed by atoms with E-state index in [2.05, 4.69) is 45.9 Å². The molecule has 0 radical (unpaired) electrons. The molecule has 0 spiro atoms. The molecule has 0 atom stereocenters. The molecule has 3 aromatic rings. The zero-order valence-electron chi connectivity index (χ0n) is 16.2. The van der Waals surface area contributed by atoms with Gasteiger partial charge in [0.2, 0.25) is 0 Å². The number of pyridine rings is 1. The van der Waals surface area contributed by atoms with Gasteiger partial charge in [-0.3, -0.25) is 4.99 Å². The molecule has 2 aromatic heterocycles. The van der Waals surface area contributed by atoms with Gasteiger partial charge in [-0.25, -0.2) is 4.98 Å². The Balaban J connectivity index is 1.46. The summed E-state index contributed by atoms with van der Waals surface area (Å²) >= 11 is 0. The Bertz CT molecular complexity index is 883. The zero-order chi connectivity index (χ0) is 19.1. The maximum atomic E-state index is 5.44. The number of rotatable bonds is 7. The van der Waals surface area contributed by atoms with E-state index in [4.69, 9.17) is 4.74 Å². The van der Waals surface area contributed by atoms with Gasteiger partial charge in [0.1, 0.15) is 11.4 Å². The molecule has 27 heavy (non-hydrogen) atoms. The van der Waals surface area contributed by atoms with Crippen LogP contribution in [0.25, 0.3) is 5.65 Å². The highest BCUT2D eigenvalue weighted by Crippen LogP contribution is 2.19. The zero-order valence-corrected chi connectivity index (χ0v) is 16.2. The number of hydrogen-bond acceptors (Lipinski definition) is 3. The maximum Gasteiger partial charge on any atom is 0.190 e. The van der Waals surface area contributed by atoms with Crippen LogP contribution in [0.4, 0.5) is 0 Å². The summed E-state index contributed by atoms with van der Waals surface area (Å²) < 4.78 is 7.48. The average molecular weight is 365 g/mol. The average Bonchev–Trinajstić information content (AvgIpc) is 3.09. The van der Waals surface area contributed by atoms with Crippen LogP contribution in [0.3, 0.4) is 0 Å². The van der Waals surface area contributed by atoms with Crippen LogP contribution >= 0.6 is 0 Å². The number of guanidine groups is 1. The Kier molecular flexibility index (Phi) is 6.30. The lowest BCUT2D eigenvalue weighted by Crippen LogP contribution is -2.39. The van der Waals surface area contributed by atoms with Crippen LogP contribution in [0.1, 0.15) is 16.8 Å². The van der Waals surface area contributed by atoms with Gasteiger partial charge in [-0.05, 0) is 37.1 Å². The van der Waals surface area contributed by atoms with Crippen molar-refractivity contribution in [3.05, 3.63) is 65.6 Å². The van der Waals surface area contributed by atoms with E-state index in [1.165, 1.54) is 11.1 Å². The topological polar surface area (TPSA) is 63.0 Å². The van der Waals surface area contributed by atoms with Gasteiger partial charge in [0.05, 0.1) is 12.8 Å². The lowest BCUT2D eigenvalue weighted by Gasteiger charge is -2.13. The van der Waals surface area contributed by atoms with Gasteiger partial charge >= 0.3 is 0 Å². The summed E-state index contributed by atoms with van der Waals surface area (Å²) in [5.41, 5.74) is 4.47. The Morgan fingerprint density at radius 2 is 1.96 bits per heavy atom. The van der Waals surface area contributed by atoms with Crippen molar-refractivity contribution in [2.45, 2.75) is 19.8 Å². The van der Waals surface area contributed by atoms with Crippen LogP contribution in [0.2, 0.25) is 0 Å². The molecule has 0 saturated carbocycles. The third kappa shape index (κ3) is 5.00. The van der Waals surface area contributed by atoms with E-state index in [1.54, 1.807) is 14.2 Å². The van der Waals surface area contributed by atoms with Crippen molar-refractivity contribution in [1.29, 1.82) is 0 Å². The molecule has 0 aliphatic rings. The lowest BCUT2D eigenvalue weighted by molar-refractivity contribution is 0.409. The summed E-state index contributed by atoms with van der Waals surface area (Å²) in [5.74, 6) is 1.72. The Morgan fingerprint density at radius 1 is 1.15 bits per heavy atom. The molecular weight excluding hydrogens is 338 g/mol. The number of nitrogens with zero attached hydrogens (tertiary/aromatic N) is 3. The van der Waals surface area contributed by atoms with E-state index in [1.807, 2.05) is 34.9 Å². The molecule has 142 valence electrons. The largest absolute Gasteiger partial charge is 0.496 e. The van der Waals surface area contributed by atoms with Crippen molar-refractivity contribution in [2.24, 2.45) is 4.99 Å². The van der Waals surface area contributed by atoms with Gasteiger partial charge in [-0.1, -0.05) is 23.8 Å². The molecule has 0 bridgehead atoms. The summed E-state index contributed by atoms with van der Waals surface area (Å²) in [6.07, 6.45) is 5.79. The Morgan fingerprint density at radius 3 is 2.70 bits per heavy atom. The predicted molar refractivity (Wildman–Crippen MR) is 110 cm³/mol. The maximum absolute atomic E-state index is 5.44. The molecule has 6 nitrogen and oxygen atoms in total. The highest BCUT2D eigenvalue weighted by Gasteiger charge is 2.05. The van der Waals surface area contributed by atoms with E-state index in [9.17, 15) is 0 Å². The SMILES string of the molecule is CN=C(NCCc1cn2ccccc2n1)NCCc1cc(C)ccc1OC. The molecular formula is C21H27N5O. The third-order valence-electron chi connectivity index (χ3n) is 4.43. The van der Waals surface area contributed by atoms with Crippen LogP contribution < -0.4 is 15.4 Å². The molecule has 0 aliphatic carbocycles. The van der Waals surface area contributed by atoms with Crippen molar-refractivity contribution in [1.82, 2.24) is 20.0 Å². The molecule has 0 saturated heterocycles. The number of methoxy groups -OCH3 is 1. The van der Waals surface area contributed by atoms with Gasteiger partial charge in [-0.15, -0.1) is 0 Å². The van der Waals surface area contributed by atoms with Gasteiger partial charge in [0.15, 0.2) is 5.96 Å². The van der Waals surface area contributed by atoms with Crippen molar-refractivity contribution >= 4 is 11.6 Å². The summed E-state index contributed by atoms with van der Waals surface area (Å²) in [5, 5.41) is 6.71. The number of aryl methyl sites for hydroxylation is 1. The molecule has 0 fully saturated rings. The van der Waals surface area contributed by atoms with E-state index in [-0.39, 0.29) is 0 Å². The molecule has 6 heteroatoms. The van der Waals surface area contributed by atoms with Crippen molar-refractivity contribution in [3.63, 3.8) is 0 Å². The van der Waals surface area contributed by atoms with Crippen LogP contribution in [-0.2, 0) is 12.8 Å². The van der Waals surface area contributed by atoms with Crippen LogP contribution in [0.5, 0.6) is 5.75 Å². The smallest absolute Gasteiger partial charge is 0.190 e. The van der Waals surface area contributed by atoms with Crippen LogP contribution in [0.15, 0.2) is 53.8 Å². The first-order valence-electron chi connectivity index (χ1n) is 9.20. The highest BCUT2D eigenvalue weighted by molar-refractivity contribution is 5.79. The van der Waals surface area contributed by atoms with Crippen LogP contribution in [0, 0.1) is 6.92 Å². The minimum absolute atomic E-state index is 0.775. The Labute approximate surface area is 160 Å². The quantitative estimate of drug-likeness (QED) is 0.499.